The molecule has 8 rings (SSSR count). The van der Waals surface area contributed by atoms with Crippen molar-refractivity contribution in [2.45, 2.75) is 53.5 Å². The first kappa shape index (κ1) is 34.9. The van der Waals surface area contributed by atoms with E-state index in [1.54, 1.807) is 6.20 Å². The van der Waals surface area contributed by atoms with E-state index >= 15 is 4.79 Å². The van der Waals surface area contributed by atoms with Crippen LogP contribution in [0.25, 0.3) is 44.2 Å². The molecular weight excluding hydrogens is 705 g/mol. The summed E-state index contributed by atoms with van der Waals surface area (Å²) in [7, 11) is 3.97. The standard InChI is InChI=1S/C42H41Cl2N7O2/c1-23-18-29(19-24(2)39(23)44)53-17-9-10-30-31-13-14-33(43)38(37-26(4)47-49(7)27(37)5)40(31)51-25(3)21-50(42(52)41(30)51)36-22-48(6)35-15-12-28(20-32(35)36)34-11-8-16-45-46-34/h8,11-16,18-20,22,25H,9-10,17,21H2,1-7H3. The van der Waals surface area contributed by atoms with Crippen LogP contribution in [0.4, 0.5) is 5.69 Å². The molecule has 3 aromatic carbocycles. The number of hydrogen-bond donors (Lipinski definition) is 0. The maximum atomic E-state index is 15.2. The van der Waals surface area contributed by atoms with Crippen molar-refractivity contribution in [2.75, 3.05) is 18.1 Å². The van der Waals surface area contributed by atoms with Gasteiger partial charge in [-0.1, -0.05) is 35.3 Å². The van der Waals surface area contributed by atoms with E-state index in [-0.39, 0.29) is 11.9 Å². The van der Waals surface area contributed by atoms with Crippen LogP contribution in [-0.2, 0) is 20.5 Å². The average molecular weight is 747 g/mol. The van der Waals surface area contributed by atoms with Gasteiger partial charge in [0.05, 0.1) is 34.2 Å². The predicted molar refractivity (Wildman–Crippen MR) is 214 cm³/mol. The lowest BCUT2D eigenvalue weighted by Crippen LogP contribution is -2.42. The molecule has 11 heteroatoms. The molecule has 0 aliphatic carbocycles. The number of carbonyl (C=O) groups excluding carboxylic acids is 1. The number of benzene rings is 3. The van der Waals surface area contributed by atoms with E-state index in [9.17, 15) is 0 Å². The van der Waals surface area contributed by atoms with Crippen LogP contribution >= 0.6 is 23.2 Å². The normalized spacial score (nSPS) is 14.5. The van der Waals surface area contributed by atoms with E-state index in [1.165, 1.54) is 0 Å². The lowest BCUT2D eigenvalue weighted by molar-refractivity contribution is 0.0957. The number of aromatic nitrogens is 6. The Labute approximate surface area is 318 Å². The summed E-state index contributed by atoms with van der Waals surface area (Å²) < 4.78 is 12.5. The van der Waals surface area contributed by atoms with Crippen molar-refractivity contribution in [2.24, 2.45) is 14.1 Å². The average Bonchev–Trinajstić information content (AvgIpc) is 3.74. The van der Waals surface area contributed by atoms with Crippen LogP contribution in [0.1, 0.15) is 58.0 Å². The van der Waals surface area contributed by atoms with Crippen molar-refractivity contribution >= 4 is 56.6 Å². The highest BCUT2D eigenvalue weighted by molar-refractivity contribution is 6.35. The van der Waals surface area contributed by atoms with Gasteiger partial charge in [0.25, 0.3) is 5.91 Å². The molecule has 0 fully saturated rings. The zero-order valence-corrected chi connectivity index (χ0v) is 32.5. The first-order valence-electron chi connectivity index (χ1n) is 17.9. The molecule has 0 spiro atoms. The van der Waals surface area contributed by atoms with Crippen LogP contribution in [-0.4, -0.2) is 48.2 Å². The van der Waals surface area contributed by atoms with E-state index in [4.69, 9.17) is 33.0 Å². The number of aryl methyl sites for hydroxylation is 6. The number of anilines is 1. The molecule has 0 saturated carbocycles. The Morgan fingerprint density at radius 3 is 2.42 bits per heavy atom. The molecule has 5 heterocycles. The van der Waals surface area contributed by atoms with Gasteiger partial charge >= 0.3 is 0 Å². The number of fused-ring (bicyclic) bond motifs is 4. The summed E-state index contributed by atoms with van der Waals surface area (Å²) in [5.41, 5.74) is 12.0. The van der Waals surface area contributed by atoms with Gasteiger partial charge in [0.1, 0.15) is 11.4 Å². The molecule has 1 atom stereocenters. The third kappa shape index (κ3) is 5.77. The number of hydrogen-bond acceptors (Lipinski definition) is 5. The Kier molecular flexibility index (Phi) is 8.82. The van der Waals surface area contributed by atoms with Crippen molar-refractivity contribution in [3.63, 3.8) is 0 Å². The second-order valence-corrected chi connectivity index (χ2v) is 15.0. The molecule has 1 aliphatic heterocycles. The van der Waals surface area contributed by atoms with Gasteiger partial charge in [-0.15, -0.1) is 0 Å². The van der Waals surface area contributed by atoms with Crippen molar-refractivity contribution in [3.8, 4) is 28.1 Å². The van der Waals surface area contributed by atoms with Gasteiger partial charge in [-0.2, -0.15) is 15.3 Å². The van der Waals surface area contributed by atoms with Gasteiger partial charge in [-0.3, -0.25) is 9.48 Å². The predicted octanol–water partition coefficient (Wildman–Crippen LogP) is 9.76. The van der Waals surface area contributed by atoms with Crippen LogP contribution in [0.5, 0.6) is 5.75 Å². The van der Waals surface area contributed by atoms with E-state index in [0.29, 0.717) is 36.7 Å². The number of amides is 1. The molecule has 53 heavy (non-hydrogen) atoms. The molecule has 0 N–H and O–H groups in total. The number of halogens is 2. The van der Waals surface area contributed by atoms with Crippen LogP contribution in [0, 0.1) is 27.7 Å². The molecule has 0 radical (unpaired) electrons. The minimum Gasteiger partial charge on any atom is -0.494 e. The Morgan fingerprint density at radius 2 is 1.72 bits per heavy atom. The number of ether oxygens (including phenoxy) is 1. The lowest BCUT2D eigenvalue weighted by Gasteiger charge is -2.34. The van der Waals surface area contributed by atoms with Crippen molar-refractivity contribution in [3.05, 3.63) is 111 Å². The summed E-state index contributed by atoms with van der Waals surface area (Å²) in [6, 6.07) is 18.0. The van der Waals surface area contributed by atoms with Crippen LogP contribution < -0.4 is 9.64 Å². The molecule has 4 aromatic heterocycles. The fraction of sp³-hybridized carbons (Fsp3) is 0.286. The third-order valence-corrected chi connectivity index (χ3v) is 11.6. The minimum atomic E-state index is -0.0665. The molecule has 1 amide bonds. The van der Waals surface area contributed by atoms with Crippen molar-refractivity contribution in [1.29, 1.82) is 0 Å². The topological polar surface area (TPSA) is 83.0 Å². The monoisotopic (exact) mass is 745 g/mol. The maximum Gasteiger partial charge on any atom is 0.275 e. The van der Waals surface area contributed by atoms with Gasteiger partial charge in [0.2, 0.25) is 0 Å². The smallest absolute Gasteiger partial charge is 0.275 e. The Hall–Kier alpha value is -5.12. The molecule has 0 saturated heterocycles. The third-order valence-electron chi connectivity index (χ3n) is 10.7. The minimum absolute atomic E-state index is 0.0433. The van der Waals surface area contributed by atoms with Crippen molar-refractivity contribution < 1.29 is 9.53 Å². The second kappa shape index (κ2) is 13.4. The fourth-order valence-corrected chi connectivity index (χ4v) is 8.49. The Morgan fingerprint density at radius 1 is 0.943 bits per heavy atom. The van der Waals surface area contributed by atoms with Crippen LogP contribution in [0.3, 0.4) is 0 Å². The maximum absolute atomic E-state index is 15.2. The lowest BCUT2D eigenvalue weighted by atomic mass is 9.98. The summed E-state index contributed by atoms with van der Waals surface area (Å²) in [5, 5.41) is 16.6. The van der Waals surface area contributed by atoms with E-state index in [0.717, 1.165) is 88.7 Å². The molecule has 1 aliphatic rings. The highest BCUT2D eigenvalue weighted by atomic mass is 35.5. The van der Waals surface area contributed by atoms with E-state index in [2.05, 4.69) is 63.6 Å². The highest BCUT2D eigenvalue weighted by Gasteiger charge is 2.37. The fourth-order valence-electron chi connectivity index (χ4n) is 8.14. The number of carbonyl (C=O) groups is 1. The first-order valence-corrected chi connectivity index (χ1v) is 18.6. The largest absolute Gasteiger partial charge is 0.494 e. The Bertz CT molecular complexity index is 2560. The second-order valence-electron chi connectivity index (χ2n) is 14.2. The van der Waals surface area contributed by atoms with Gasteiger partial charge in [-0.25, -0.2) is 0 Å². The summed E-state index contributed by atoms with van der Waals surface area (Å²) in [4.78, 5) is 17.1. The van der Waals surface area contributed by atoms with Crippen LogP contribution in [0.15, 0.2) is 67.0 Å². The van der Waals surface area contributed by atoms with Crippen molar-refractivity contribution in [1.82, 2.24) is 29.1 Å². The van der Waals surface area contributed by atoms with Gasteiger partial charge in [-0.05, 0) is 107 Å². The quantitative estimate of drug-likeness (QED) is 0.145. The highest BCUT2D eigenvalue weighted by Crippen LogP contribution is 2.46. The molecule has 9 nitrogen and oxygen atoms in total. The van der Waals surface area contributed by atoms with Gasteiger partial charge < -0.3 is 18.8 Å². The summed E-state index contributed by atoms with van der Waals surface area (Å²) >= 11 is 13.6. The molecule has 270 valence electrons. The molecule has 0 bridgehead atoms. The number of rotatable bonds is 8. The Balaban J connectivity index is 1.26. The first-order chi connectivity index (χ1) is 25.4. The van der Waals surface area contributed by atoms with Crippen LogP contribution in [0.2, 0.25) is 10.0 Å². The van der Waals surface area contributed by atoms with E-state index in [1.807, 2.05) is 74.8 Å². The molecule has 1 unspecified atom stereocenters. The zero-order valence-electron chi connectivity index (χ0n) is 31.0. The molecular formula is C42H41Cl2N7O2. The summed E-state index contributed by atoms with van der Waals surface area (Å²) in [5.74, 6) is 0.746. The summed E-state index contributed by atoms with van der Waals surface area (Å²) in [6.07, 6.45) is 5.06. The molecule has 7 aromatic rings. The van der Waals surface area contributed by atoms with Gasteiger partial charge in [0.15, 0.2) is 0 Å². The zero-order chi connectivity index (χ0) is 37.3. The summed E-state index contributed by atoms with van der Waals surface area (Å²) in [6.45, 7) is 11.2. The van der Waals surface area contributed by atoms with Gasteiger partial charge in [0, 0.05) is 82.8 Å². The SMILES string of the molecule is Cc1cc(OCCCc2c3n(c4c(-c5c(C)nn(C)c5C)c(Cl)ccc24)C(C)CN(c2cn(C)c4ccc(-c5cccnn5)cc24)C3=O)cc(C)c1Cl. The van der Waals surface area contributed by atoms with E-state index < -0.39 is 0 Å². The number of nitrogens with zero attached hydrogens (tertiary/aromatic N) is 7.